The number of hydrogen-bond donors (Lipinski definition) is 1. The Kier molecular flexibility index (Phi) is 5.89. The zero-order valence-corrected chi connectivity index (χ0v) is 10.6. The molecule has 18 heavy (non-hydrogen) atoms. The number of hydrogen-bond acceptors (Lipinski definition) is 3. The number of likely N-dealkylation sites (N-methyl/N-ethyl adjacent to an activating group) is 1. The first kappa shape index (κ1) is 15.3. The molecule has 0 aromatic carbocycles. The number of alkyl halides is 3. The summed E-state index contributed by atoms with van der Waals surface area (Å²) in [6, 6.07) is 1.61. The third-order valence-corrected chi connectivity index (χ3v) is 3.33. The SMILES string of the molecule is CCN(CC1CCCCN1)CC(C#N)C(F)(F)F. The lowest BCUT2D eigenvalue weighted by Gasteiger charge is -2.31. The lowest BCUT2D eigenvalue weighted by atomic mass is 10.0. The van der Waals surface area contributed by atoms with Crippen LogP contribution in [-0.2, 0) is 0 Å². The van der Waals surface area contributed by atoms with Gasteiger partial charge in [0.2, 0.25) is 0 Å². The molecule has 104 valence electrons. The van der Waals surface area contributed by atoms with Crippen LogP contribution in [0.5, 0.6) is 0 Å². The van der Waals surface area contributed by atoms with Gasteiger partial charge < -0.3 is 10.2 Å². The Labute approximate surface area is 106 Å². The zero-order chi connectivity index (χ0) is 13.6. The minimum atomic E-state index is -4.43. The van der Waals surface area contributed by atoms with E-state index in [1.165, 1.54) is 6.07 Å². The molecule has 1 saturated heterocycles. The molecule has 0 aliphatic carbocycles. The van der Waals surface area contributed by atoms with Crippen LogP contribution in [0.2, 0.25) is 0 Å². The van der Waals surface area contributed by atoms with E-state index >= 15 is 0 Å². The van der Waals surface area contributed by atoms with Crippen LogP contribution in [0.4, 0.5) is 13.2 Å². The van der Waals surface area contributed by atoms with Crippen molar-refractivity contribution in [3.8, 4) is 6.07 Å². The summed E-state index contributed by atoms with van der Waals surface area (Å²) in [4.78, 5) is 1.71. The minimum absolute atomic E-state index is 0.228. The van der Waals surface area contributed by atoms with Gasteiger partial charge in [0.15, 0.2) is 5.92 Å². The van der Waals surface area contributed by atoms with E-state index in [1.807, 2.05) is 6.92 Å². The van der Waals surface area contributed by atoms with Gasteiger partial charge in [-0.2, -0.15) is 18.4 Å². The van der Waals surface area contributed by atoms with Crippen LogP contribution in [0.25, 0.3) is 0 Å². The van der Waals surface area contributed by atoms with Gasteiger partial charge in [0.1, 0.15) is 0 Å². The fourth-order valence-electron chi connectivity index (χ4n) is 2.20. The van der Waals surface area contributed by atoms with Crippen molar-refractivity contribution in [3.05, 3.63) is 0 Å². The molecular formula is C12H20F3N3. The zero-order valence-electron chi connectivity index (χ0n) is 10.6. The molecule has 0 amide bonds. The fraction of sp³-hybridized carbons (Fsp3) is 0.917. The van der Waals surface area contributed by atoms with Crippen molar-refractivity contribution in [1.82, 2.24) is 10.2 Å². The number of piperidine rings is 1. The molecule has 0 saturated carbocycles. The Hall–Kier alpha value is -0.800. The molecule has 2 atom stereocenters. The third-order valence-electron chi connectivity index (χ3n) is 3.33. The van der Waals surface area contributed by atoms with E-state index in [0.29, 0.717) is 13.1 Å². The Morgan fingerprint density at radius 2 is 2.17 bits per heavy atom. The summed E-state index contributed by atoms with van der Waals surface area (Å²) in [5.41, 5.74) is 0. The highest BCUT2D eigenvalue weighted by molar-refractivity contribution is 4.91. The summed E-state index contributed by atoms with van der Waals surface area (Å²) in [5, 5.41) is 11.9. The smallest absolute Gasteiger partial charge is 0.313 e. The van der Waals surface area contributed by atoms with Crippen LogP contribution in [0, 0.1) is 17.2 Å². The normalized spacial score (nSPS) is 22.8. The summed E-state index contributed by atoms with van der Waals surface area (Å²) in [5.74, 6) is -1.89. The van der Waals surface area contributed by atoms with Crippen molar-refractivity contribution in [1.29, 1.82) is 5.26 Å². The molecule has 1 fully saturated rings. The molecule has 0 aromatic rings. The number of halogens is 3. The van der Waals surface area contributed by atoms with Crippen molar-refractivity contribution in [2.24, 2.45) is 5.92 Å². The Bertz CT molecular complexity index is 279. The van der Waals surface area contributed by atoms with Crippen molar-refractivity contribution < 1.29 is 13.2 Å². The second-order valence-corrected chi connectivity index (χ2v) is 4.72. The van der Waals surface area contributed by atoms with Crippen LogP contribution in [0.3, 0.4) is 0 Å². The molecule has 1 rings (SSSR count). The number of nitrogens with one attached hydrogen (secondary N) is 1. The van der Waals surface area contributed by atoms with E-state index in [9.17, 15) is 13.2 Å². The standard InChI is InChI=1S/C12H20F3N3/c1-2-18(8-10(7-16)12(13,14)15)9-11-5-3-4-6-17-11/h10-11,17H,2-6,8-9H2,1H3. The van der Waals surface area contributed by atoms with Gasteiger partial charge in [-0.05, 0) is 25.9 Å². The highest BCUT2D eigenvalue weighted by atomic mass is 19.4. The van der Waals surface area contributed by atoms with E-state index in [2.05, 4.69) is 5.32 Å². The van der Waals surface area contributed by atoms with Crippen LogP contribution in [0.1, 0.15) is 26.2 Å². The van der Waals surface area contributed by atoms with Gasteiger partial charge in [0.25, 0.3) is 0 Å². The maximum Gasteiger partial charge on any atom is 0.405 e. The topological polar surface area (TPSA) is 39.1 Å². The largest absolute Gasteiger partial charge is 0.405 e. The highest BCUT2D eigenvalue weighted by Crippen LogP contribution is 2.26. The maximum absolute atomic E-state index is 12.5. The highest BCUT2D eigenvalue weighted by Gasteiger charge is 2.40. The van der Waals surface area contributed by atoms with E-state index in [0.717, 1.165) is 25.8 Å². The third kappa shape index (κ3) is 4.83. The van der Waals surface area contributed by atoms with Gasteiger partial charge in [-0.15, -0.1) is 0 Å². The first-order valence-electron chi connectivity index (χ1n) is 6.39. The van der Waals surface area contributed by atoms with Crippen molar-refractivity contribution in [3.63, 3.8) is 0 Å². The summed E-state index contributed by atoms with van der Waals surface area (Å²) in [7, 11) is 0. The van der Waals surface area contributed by atoms with Crippen molar-refractivity contribution >= 4 is 0 Å². The Morgan fingerprint density at radius 3 is 2.61 bits per heavy atom. The van der Waals surface area contributed by atoms with Crippen LogP contribution >= 0.6 is 0 Å². The Balaban J connectivity index is 2.47. The lowest BCUT2D eigenvalue weighted by molar-refractivity contribution is -0.163. The molecule has 0 bridgehead atoms. The van der Waals surface area contributed by atoms with Crippen molar-refractivity contribution in [2.45, 2.75) is 38.4 Å². The van der Waals surface area contributed by atoms with Gasteiger partial charge in [-0.25, -0.2) is 0 Å². The minimum Gasteiger partial charge on any atom is -0.313 e. The molecule has 0 spiro atoms. The molecule has 1 heterocycles. The average molecular weight is 263 g/mol. The number of rotatable bonds is 5. The van der Waals surface area contributed by atoms with E-state index < -0.39 is 12.1 Å². The maximum atomic E-state index is 12.5. The summed E-state index contributed by atoms with van der Waals surface area (Å²) >= 11 is 0. The molecule has 2 unspecified atom stereocenters. The van der Waals surface area contributed by atoms with Crippen LogP contribution in [-0.4, -0.2) is 43.3 Å². The predicted molar refractivity (Wildman–Crippen MR) is 62.9 cm³/mol. The predicted octanol–water partition coefficient (Wildman–Crippen LogP) is 2.15. The molecule has 0 radical (unpaired) electrons. The van der Waals surface area contributed by atoms with Gasteiger partial charge in [0.05, 0.1) is 6.07 Å². The van der Waals surface area contributed by atoms with Crippen LogP contribution in [0.15, 0.2) is 0 Å². The molecule has 1 aliphatic heterocycles. The Morgan fingerprint density at radius 1 is 1.44 bits per heavy atom. The number of nitriles is 1. The molecule has 6 heteroatoms. The number of nitrogens with zero attached hydrogens (tertiary/aromatic N) is 2. The summed E-state index contributed by atoms with van der Waals surface area (Å²) < 4.78 is 37.6. The monoisotopic (exact) mass is 263 g/mol. The van der Waals surface area contributed by atoms with E-state index in [1.54, 1.807) is 4.90 Å². The fourth-order valence-corrected chi connectivity index (χ4v) is 2.20. The van der Waals surface area contributed by atoms with E-state index in [-0.39, 0.29) is 12.6 Å². The van der Waals surface area contributed by atoms with Gasteiger partial charge in [-0.1, -0.05) is 13.3 Å². The summed E-state index contributed by atoms with van der Waals surface area (Å²) in [6.07, 6.45) is -1.18. The second-order valence-electron chi connectivity index (χ2n) is 4.72. The van der Waals surface area contributed by atoms with Crippen molar-refractivity contribution in [2.75, 3.05) is 26.2 Å². The van der Waals surface area contributed by atoms with Gasteiger partial charge >= 0.3 is 6.18 Å². The first-order chi connectivity index (χ1) is 8.47. The van der Waals surface area contributed by atoms with Crippen LogP contribution < -0.4 is 5.32 Å². The molecule has 1 N–H and O–H groups in total. The van der Waals surface area contributed by atoms with Gasteiger partial charge in [0, 0.05) is 19.1 Å². The van der Waals surface area contributed by atoms with E-state index in [4.69, 9.17) is 5.26 Å². The quantitative estimate of drug-likeness (QED) is 0.826. The molecule has 1 aliphatic rings. The molecular weight excluding hydrogens is 243 g/mol. The molecule has 0 aromatic heterocycles. The van der Waals surface area contributed by atoms with Gasteiger partial charge in [-0.3, -0.25) is 0 Å². The lowest BCUT2D eigenvalue weighted by Crippen LogP contribution is -2.46. The summed E-state index contributed by atoms with van der Waals surface area (Å²) in [6.45, 7) is 3.66. The second kappa shape index (κ2) is 6.95. The first-order valence-corrected chi connectivity index (χ1v) is 6.39. The molecule has 3 nitrogen and oxygen atoms in total. The average Bonchev–Trinajstić information content (AvgIpc) is 2.34.